The first-order valence-corrected chi connectivity index (χ1v) is 3.59. The van der Waals surface area contributed by atoms with Crippen molar-refractivity contribution in [3.05, 3.63) is 34.1 Å². The van der Waals surface area contributed by atoms with E-state index < -0.39 is 10.7 Å². The normalized spacial score (nSPS) is 9.14. The SMILES string of the molecule is N#CCOc1cc(F)ccc1[N+](=O)[O-]. The molecule has 14 heavy (non-hydrogen) atoms. The maximum absolute atomic E-state index is 12.7. The molecule has 1 aromatic carbocycles. The van der Waals surface area contributed by atoms with Crippen LogP contribution in [0.3, 0.4) is 0 Å². The van der Waals surface area contributed by atoms with Crippen molar-refractivity contribution in [3.8, 4) is 11.8 Å². The quantitative estimate of drug-likeness (QED) is 0.543. The predicted octanol–water partition coefficient (Wildman–Crippen LogP) is 1.64. The minimum Gasteiger partial charge on any atom is -0.471 e. The van der Waals surface area contributed by atoms with Crippen molar-refractivity contribution in [2.24, 2.45) is 0 Å². The third kappa shape index (κ3) is 2.17. The van der Waals surface area contributed by atoms with Gasteiger partial charge in [-0.15, -0.1) is 0 Å². The molecular formula is C8H5FN2O3. The van der Waals surface area contributed by atoms with E-state index in [4.69, 9.17) is 5.26 Å². The minimum absolute atomic E-state index is 0.239. The number of nitriles is 1. The Morgan fingerprint density at radius 3 is 2.93 bits per heavy atom. The van der Waals surface area contributed by atoms with Gasteiger partial charge in [0, 0.05) is 12.1 Å². The fourth-order valence-corrected chi connectivity index (χ4v) is 0.864. The zero-order valence-electron chi connectivity index (χ0n) is 6.94. The van der Waals surface area contributed by atoms with E-state index in [2.05, 4.69) is 4.74 Å². The van der Waals surface area contributed by atoms with Crippen molar-refractivity contribution in [2.45, 2.75) is 0 Å². The minimum atomic E-state index is -0.702. The molecule has 0 spiro atoms. The molecule has 0 aromatic heterocycles. The fraction of sp³-hybridized carbons (Fsp3) is 0.125. The highest BCUT2D eigenvalue weighted by molar-refractivity contribution is 5.46. The molecule has 0 N–H and O–H groups in total. The molecule has 0 aliphatic rings. The van der Waals surface area contributed by atoms with Crippen LogP contribution in [0.4, 0.5) is 10.1 Å². The fourth-order valence-electron chi connectivity index (χ4n) is 0.864. The highest BCUT2D eigenvalue weighted by Crippen LogP contribution is 2.27. The number of halogens is 1. The molecule has 5 nitrogen and oxygen atoms in total. The lowest BCUT2D eigenvalue weighted by Crippen LogP contribution is -1.98. The summed E-state index contributed by atoms with van der Waals surface area (Å²) < 4.78 is 17.3. The number of rotatable bonds is 3. The monoisotopic (exact) mass is 196 g/mol. The smallest absolute Gasteiger partial charge is 0.311 e. The molecule has 72 valence electrons. The van der Waals surface area contributed by atoms with Gasteiger partial charge in [-0.2, -0.15) is 5.26 Å². The third-order valence-corrected chi connectivity index (χ3v) is 1.41. The van der Waals surface area contributed by atoms with Gasteiger partial charge in [-0.05, 0) is 6.07 Å². The van der Waals surface area contributed by atoms with Crippen molar-refractivity contribution < 1.29 is 14.1 Å². The van der Waals surface area contributed by atoms with Crippen molar-refractivity contribution in [1.29, 1.82) is 5.26 Å². The molecule has 0 heterocycles. The van der Waals surface area contributed by atoms with Crippen LogP contribution in [0.5, 0.6) is 5.75 Å². The van der Waals surface area contributed by atoms with Gasteiger partial charge in [0.2, 0.25) is 5.75 Å². The van der Waals surface area contributed by atoms with E-state index in [1.54, 1.807) is 6.07 Å². The maximum Gasteiger partial charge on any atom is 0.311 e. The molecule has 1 aromatic rings. The second-order valence-electron chi connectivity index (χ2n) is 2.32. The van der Waals surface area contributed by atoms with Gasteiger partial charge in [-0.25, -0.2) is 4.39 Å². The molecule has 0 atom stereocenters. The molecule has 0 radical (unpaired) electrons. The second-order valence-corrected chi connectivity index (χ2v) is 2.32. The Morgan fingerprint density at radius 2 is 2.36 bits per heavy atom. The Kier molecular flexibility index (Phi) is 2.97. The van der Waals surface area contributed by atoms with Gasteiger partial charge in [-0.1, -0.05) is 0 Å². The van der Waals surface area contributed by atoms with E-state index in [1.165, 1.54) is 0 Å². The first-order chi connectivity index (χ1) is 6.65. The van der Waals surface area contributed by atoms with Crippen LogP contribution in [0.2, 0.25) is 0 Å². The average molecular weight is 196 g/mol. The van der Waals surface area contributed by atoms with E-state index >= 15 is 0 Å². The summed E-state index contributed by atoms with van der Waals surface area (Å²) in [7, 11) is 0. The van der Waals surface area contributed by atoms with Crippen LogP contribution in [0.25, 0.3) is 0 Å². The lowest BCUT2D eigenvalue weighted by Gasteiger charge is -2.01. The third-order valence-electron chi connectivity index (χ3n) is 1.41. The van der Waals surface area contributed by atoms with Crippen LogP contribution in [-0.4, -0.2) is 11.5 Å². The van der Waals surface area contributed by atoms with Crippen LogP contribution in [0, 0.1) is 27.3 Å². The number of nitro benzene ring substituents is 1. The van der Waals surface area contributed by atoms with Crippen LogP contribution in [0.15, 0.2) is 18.2 Å². The van der Waals surface area contributed by atoms with Crippen molar-refractivity contribution in [2.75, 3.05) is 6.61 Å². The first-order valence-electron chi connectivity index (χ1n) is 3.59. The number of hydrogen-bond donors (Lipinski definition) is 0. The number of hydrogen-bond acceptors (Lipinski definition) is 4. The largest absolute Gasteiger partial charge is 0.471 e. The first kappa shape index (κ1) is 9.92. The molecule has 1 rings (SSSR count). The van der Waals surface area contributed by atoms with E-state index in [1.807, 2.05) is 0 Å². The summed E-state index contributed by atoms with van der Waals surface area (Å²) >= 11 is 0. The number of nitro groups is 1. The average Bonchev–Trinajstić information content (AvgIpc) is 2.14. The molecule has 0 aliphatic heterocycles. The van der Waals surface area contributed by atoms with E-state index in [-0.39, 0.29) is 18.0 Å². The van der Waals surface area contributed by atoms with Gasteiger partial charge in [0.05, 0.1) is 4.92 Å². The summed E-state index contributed by atoms with van der Waals surface area (Å²) in [5.74, 6) is -0.889. The molecule has 0 aliphatic carbocycles. The number of benzene rings is 1. The lowest BCUT2D eigenvalue weighted by atomic mass is 10.3. The summed E-state index contributed by atoms with van der Waals surface area (Å²) in [6, 6.07) is 4.45. The Morgan fingerprint density at radius 1 is 1.64 bits per heavy atom. The highest BCUT2D eigenvalue weighted by Gasteiger charge is 2.15. The predicted molar refractivity (Wildman–Crippen MR) is 44.2 cm³/mol. The maximum atomic E-state index is 12.7. The van der Waals surface area contributed by atoms with E-state index in [9.17, 15) is 14.5 Å². The van der Waals surface area contributed by atoms with Gasteiger partial charge in [0.1, 0.15) is 11.9 Å². The molecule has 0 bridgehead atoms. The zero-order chi connectivity index (χ0) is 10.6. The Balaban J connectivity index is 3.04. The topological polar surface area (TPSA) is 76.2 Å². The molecule has 0 saturated carbocycles. The Hall–Kier alpha value is -2.16. The Labute approximate surface area is 78.5 Å². The highest BCUT2D eigenvalue weighted by atomic mass is 19.1. The molecule has 6 heteroatoms. The van der Waals surface area contributed by atoms with Gasteiger partial charge >= 0.3 is 5.69 Å². The van der Waals surface area contributed by atoms with Crippen LogP contribution < -0.4 is 4.74 Å². The van der Waals surface area contributed by atoms with Crippen LogP contribution in [-0.2, 0) is 0 Å². The Bertz CT molecular complexity index is 400. The summed E-state index contributed by atoms with van der Waals surface area (Å²) in [5.41, 5.74) is -0.360. The van der Waals surface area contributed by atoms with Crippen molar-refractivity contribution in [3.63, 3.8) is 0 Å². The summed E-state index contributed by atoms with van der Waals surface area (Å²) in [6.07, 6.45) is 0. The number of nitrogens with zero attached hydrogens (tertiary/aromatic N) is 2. The van der Waals surface area contributed by atoms with Crippen molar-refractivity contribution >= 4 is 5.69 Å². The molecular weight excluding hydrogens is 191 g/mol. The zero-order valence-corrected chi connectivity index (χ0v) is 6.94. The lowest BCUT2D eigenvalue weighted by molar-refractivity contribution is -0.385. The summed E-state index contributed by atoms with van der Waals surface area (Å²) in [6.45, 7) is -0.357. The standard InChI is InChI=1S/C8H5FN2O3/c9-6-1-2-7(11(12)13)8(5-6)14-4-3-10/h1-2,5H,4H2. The second kappa shape index (κ2) is 4.18. The van der Waals surface area contributed by atoms with Gasteiger partial charge < -0.3 is 4.74 Å². The van der Waals surface area contributed by atoms with Crippen LogP contribution >= 0.6 is 0 Å². The molecule has 0 unspecified atom stereocenters. The van der Waals surface area contributed by atoms with Gasteiger partial charge in [-0.3, -0.25) is 10.1 Å². The number of ether oxygens (including phenoxy) is 1. The molecule has 0 amide bonds. The summed E-state index contributed by atoms with van der Waals surface area (Å²) in [5, 5.41) is 18.6. The van der Waals surface area contributed by atoms with E-state index in [0.29, 0.717) is 0 Å². The van der Waals surface area contributed by atoms with Gasteiger partial charge in [0.25, 0.3) is 0 Å². The summed E-state index contributed by atoms with van der Waals surface area (Å²) in [4.78, 5) is 9.71. The molecule has 0 saturated heterocycles. The van der Waals surface area contributed by atoms with Gasteiger partial charge in [0.15, 0.2) is 6.61 Å². The van der Waals surface area contributed by atoms with Crippen molar-refractivity contribution in [1.82, 2.24) is 0 Å². The molecule has 0 fully saturated rings. The van der Waals surface area contributed by atoms with E-state index in [0.717, 1.165) is 18.2 Å². The van der Waals surface area contributed by atoms with Crippen LogP contribution in [0.1, 0.15) is 0 Å².